The minimum Gasteiger partial charge on any atom is -0.396 e. The predicted octanol–water partition coefficient (Wildman–Crippen LogP) is 0.428. The molecule has 15 heavy (non-hydrogen) atoms. The van der Waals surface area contributed by atoms with Crippen LogP contribution in [0.4, 0.5) is 0 Å². The molecule has 0 bridgehead atoms. The molecule has 4 nitrogen and oxygen atoms in total. The molecular formula is C11H21NO3. The van der Waals surface area contributed by atoms with Gasteiger partial charge in [0.1, 0.15) is 0 Å². The molecule has 0 aromatic carbocycles. The molecular weight excluding hydrogens is 194 g/mol. The van der Waals surface area contributed by atoms with E-state index < -0.39 is 0 Å². The normalized spacial score (nSPS) is 19.1. The third-order valence-electron chi connectivity index (χ3n) is 3.22. The minimum absolute atomic E-state index is 0.0243. The number of aliphatic hydroxyl groups is 2. The van der Waals surface area contributed by atoms with E-state index in [0.717, 1.165) is 25.7 Å². The van der Waals surface area contributed by atoms with E-state index in [9.17, 15) is 9.90 Å². The van der Waals surface area contributed by atoms with E-state index in [1.807, 2.05) is 0 Å². The van der Waals surface area contributed by atoms with Crippen LogP contribution >= 0.6 is 0 Å². The molecule has 0 radical (unpaired) electrons. The summed E-state index contributed by atoms with van der Waals surface area (Å²) in [5, 5.41) is 20.7. The van der Waals surface area contributed by atoms with Crippen molar-refractivity contribution in [3.8, 4) is 0 Å². The molecule has 1 saturated carbocycles. The maximum absolute atomic E-state index is 11.3. The van der Waals surface area contributed by atoms with Crippen LogP contribution in [-0.4, -0.2) is 35.9 Å². The van der Waals surface area contributed by atoms with Crippen LogP contribution in [0.1, 0.15) is 38.5 Å². The molecule has 0 saturated heterocycles. The van der Waals surface area contributed by atoms with Gasteiger partial charge in [0.05, 0.1) is 6.61 Å². The highest BCUT2D eigenvalue weighted by molar-refractivity contribution is 5.75. The van der Waals surface area contributed by atoms with Gasteiger partial charge in [0, 0.05) is 25.0 Å². The molecule has 0 aliphatic heterocycles. The average molecular weight is 215 g/mol. The van der Waals surface area contributed by atoms with Gasteiger partial charge >= 0.3 is 0 Å². The van der Waals surface area contributed by atoms with Crippen molar-refractivity contribution in [1.82, 2.24) is 5.32 Å². The molecule has 1 aliphatic carbocycles. The van der Waals surface area contributed by atoms with Gasteiger partial charge in [-0.15, -0.1) is 0 Å². The van der Waals surface area contributed by atoms with Crippen molar-refractivity contribution < 1.29 is 15.0 Å². The van der Waals surface area contributed by atoms with E-state index in [1.165, 1.54) is 0 Å². The van der Waals surface area contributed by atoms with Crippen LogP contribution in [-0.2, 0) is 4.79 Å². The van der Waals surface area contributed by atoms with Gasteiger partial charge in [-0.2, -0.15) is 0 Å². The second-order valence-electron chi connectivity index (χ2n) is 4.47. The summed E-state index contributed by atoms with van der Waals surface area (Å²) < 4.78 is 0. The molecule has 1 fully saturated rings. The van der Waals surface area contributed by atoms with Gasteiger partial charge in [-0.25, -0.2) is 0 Å². The molecule has 88 valence electrons. The van der Waals surface area contributed by atoms with Gasteiger partial charge in [-0.1, -0.05) is 12.8 Å². The zero-order valence-electron chi connectivity index (χ0n) is 9.17. The van der Waals surface area contributed by atoms with E-state index >= 15 is 0 Å². The Hall–Kier alpha value is -0.610. The summed E-state index contributed by atoms with van der Waals surface area (Å²) in [6.45, 7) is 0.791. The highest BCUT2D eigenvalue weighted by atomic mass is 16.3. The summed E-state index contributed by atoms with van der Waals surface area (Å²) in [7, 11) is 0. The van der Waals surface area contributed by atoms with Gasteiger partial charge in [0.25, 0.3) is 0 Å². The molecule has 0 heterocycles. The maximum Gasteiger partial charge on any atom is 0.220 e. The molecule has 0 aromatic rings. The number of rotatable bonds is 6. The van der Waals surface area contributed by atoms with Crippen LogP contribution in [0.15, 0.2) is 0 Å². The molecule has 3 N–H and O–H groups in total. The van der Waals surface area contributed by atoms with E-state index in [4.69, 9.17) is 5.11 Å². The third kappa shape index (κ3) is 3.80. The first-order valence-corrected chi connectivity index (χ1v) is 5.71. The predicted molar refractivity (Wildman–Crippen MR) is 57.3 cm³/mol. The van der Waals surface area contributed by atoms with Crippen LogP contribution < -0.4 is 5.32 Å². The molecule has 1 aliphatic rings. The summed E-state index contributed by atoms with van der Waals surface area (Å²) >= 11 is 0. The van der Waals surface area contributed by atoms with Crippen LogP contribution in [0.3, 0.4) is 0 Å². The first-order chi connectivity index (χ1) is 7.22. The quantitative estimate of drug-likeness (QED) is 0.601. The fourth-order valence-electron chi connectivity index (χ4n) is 2.13. The third-order valence-corrected chi connectivity index (χ3v) is 3.22. The van der Waals surface area contributed by atoms with Crippen molar-refractivity contribution in [3.63, 3.8) is 0 Å². The molecule has 1 rings (SSSR count). The van der Waals surface area contributed by atoms with Crippen LogP contribution in [0.2, 0.25) is 0 Å². The lowest BCUT2D eigenvalue weighted by Gasteiger charge is -2.26. The number of amides is 1. The number of carbonyl (C=O) groups is 1. The van der Waals surface area contributed by atoms with Gasteiger partial charge < -0.3 is 15.5 Å². The van der Waals surface area contributed by atoms with Crippen molar-refractivity contribution in [2.45, 2.75) is 38.5 Å². The first-order valence-electron chi connectivity index (χ1n) is 5.71. The van der Waals surface area contributed by atoms with Crippen molar-refractivity contribution >= 4 is 5.91 Å². The summed E-state index contributed by atoms with van der Waals surface area (Å²) in [5.74, 6) is -0.0243. The topological polar surface area (TPSA) is 69.6 Å². The number of carbonyl (C=O) groups excluding carboxylic acids is 1. The molecule has 0 aromatic heterocycles. The highest BCUT2D eigenvalue weighted by Gasteiger charge is 2.33. The Morgan fingerprint density at radius 2 is 1.93 bits per heavy atom. The van der Waals surface area contributed by atoms with Crippen molar-refractivity contribution in [3.05, 3.63) is 0 Å². The summed E-state index contributed by atoms with van der Waals surface area (Å²) in [6, 6.07) is 0. The Morgan fingerprint density at radius 1 is 1.27 bits per heavy atom. The Labute approximate surface area is 90.7 Å². The molecule has 0 atom stereocenters. The molecule has 4 heteroatoms. The first kappa shape index (κ1) is 12.5. The SMILES string of the molecule is O=C(CCCO)NCC1(CO)CCCC1. The fourth-order valence-corrected chi connectivity index (χ4v) is 2.13. The fraction of sp³-hybridized carbons (Fsp3) is 0.909. The van der Waals surface area contributed by atoms with Crippen LogP contribution in [0.25, 0.3) is 0 Å². The molecule has 1 amide bonds. The lowest BCUT2D eigenvalue weighted by molar-refractivity contribution is -0.122. The standard InChI is InChI=1S/C11H21NO3/c13-7-3-4-10(15)12-8-11(9-14)5-1-2-6-11/h13-14H,1-9H2,(H,12,15). The zero-order valence-corrected chi connectivity index (χ0v) is 9.17. The number of hydrogen-bond donors (Lipinski definition) is 3. The van der Waals surface area contributed by atoms with E-state index in [1.54, 1.807) is 0 Å². The summed E-state index contributed by atoms with van der Waals surface area (Å²) in [6.07, 6.45) is 5.18. The minimum atomic E-state index is -0.0745. The average Bonchev–Trinajstić information content (AvgIpc) is 2.73. The molecule has 0 unspecified atom stereocenters. The molecule has 0 spiro atoms. The maximum atomic E-state index is 11.3. The van der Waals surface area contributed by atoms with E-state index in [0.29, 0.717) is 19.4 Å². The second kappa shape index (κ2) is 6.08. The Bertz CT molecular complexity index is 200. The Morgan fingerprint density at radius 3 is 2.47 bits per heavy atom. The van der Waals surface area contributed by atoms with E-state index in [2.05, 4.69) is 5.32 Å². The number of hydrogen-bond acceptors (Lipinski definition) is 3. The number of nitrogens with one attached hydrogen (secondary N) is 1. The van der Waals surface area contributed by atoms with Crippen molar-refractivity contribution in [1.29, 1.82) is 0 Å². The lowest BCUT2D eigenvalue weighted by Crippen LogP contribution is -2.38. The summed E-state index contributed by atoms with van der Waals surface area (Å²) in [5.41, 5.74) is -0.0745. The largest absolute Gasteiger partial charge is 0.396 e. The Balaban J connectivity index is 2.25. The smallest absolute Gasteiger partial charge is 0.220 e. The lowest BCUT2D eigenvalue weighted by atomic mass is 9.87. The summed E-state index contributed by atoms with van der Waals surface area (Å²) in [4.78, 5) is 11.3. The van der Waals surface area contributed by atoms with Crippen LogP contribution in [0.5, 0.6) is 0 Å². The second-order valence-corrected chi connectivity index (χ2v) is 4.47. The van der Waals surface area contributed by atoms with E-state index in [-0.39, 0.29) is 24.5 Å². The van der Waals surface area contributed by atoms with Gasteiger partial charge in [-0.05, 0) is 19.3 Å². The van der Waals surface area contributed by atoms with Gasteiger partial charge in [-0.3, -0.25) is 4.79 Å². The highest BCUT2D eigenvalue weighted by Crippen LogP contribution is 2.36. The monoisotopic (exact) mass is 215 g/mol. The van der Waals surface area contributed by atoms with Crippen LogP contribution in [0, 0.1) is 5.41 Å². The van der Waals surface area contributed by atoms with Gasteiger partial charge in [0.15, 0.2) is 0 Å². The number of aliphatic hydroxyl groups excluding tert-OH is 2. The van der Waals surface area contributed by atoms with Crippen molar-refractivity contribution in [2.75, 3.05) is 19.8 Å². The Kier molecular flexibility index (Phi) is 5.05. The van der Waals surface area contributed by atoms with Crippen molar-refractivity contribution in [2.24, 2.45) is 5.41 Å². The zero-order chi connectivity index (χ0) is 11.1. The van der Waals surface area contributed by atoms with Gasteiger partial charge in [0.2, 0.25) is 5.91 Å².